The highest BCUT2D eigenvalue weighted by atomic mass is 16.6. The molecule has 0 heterocycles. The first kappa shape index (κ1) is 12.9. The first-order valence-corrected chi connectivity index (χ1v) is 4.50. The molecule has 82 valence electrons. The zero-order valence-corrected chi connectivity index (χ0v) is 8.74. The molecule has 0 aromatic carbocycles. The molecular weight excluding hydrogens is 188 g/mol. The molecule has 5 nitrogen and oxygen atoms in total. The van der Waals surface area contributed by atoms with Crippen LogP contribution in [0.2, 0.25) is 0 Å². The van der Waals surface area contributed by atoms with Crippen molar-refractivity contribution in [2.45, 2.75) is 26.4 Å². The Morgan fingerprint density at radius 2 is 1.71 bits per heavy atom. The van der Waals surface area contributed by atoms with Crippen LogP contribution in [0.5, 0.6) is 0 Å². The molecule has 0 aromatic heterocycles. The van der Waals surface area contributed by atoms with Crippen LogP contribution in [0.15, 0.2) is 0 Å². The predicted molar refractivity (Wildman–Crippen MR) is 48.7 cm³/mol. The zero-order chi connectivity index (χ0) is 11.0. The van der Waals surface area contributed by atoms with Gasteiger partial charge in [0.05, 0.1) is 19.6 Å². The Kier molecular flexibility index (Phi) is 6.74. The number of ether oxygens (including phenoxy) is 3. The Bertz CT molecular complexity index is 190. The fourth-order valence-corrected chi connectivity index (χ4v) is 0.869. The van der Waals surface area contributed by atoms with E-state index in [0.717, 1.165) is 0 Å². The Morgan fingerprint density at radius 3 is 2.14 bits per heavy atom. The van der Waals surface area contributed by atoms with E-state index in [2.05, 4.69) is 4.74 Å². The second-order valence-corrected chi connectivity index (χ2v) is 2.49. The van der Waals surface area contributed by atoms with Crippen LogP contribution in [0.3, 0.4) is 0 Å². The summed E-state index contributed by atoms with van der Waals surface area (Å²) in [5.74, 6) is -1.00. The molecule has 0 spiro atoms. The molecule has 0 amide bonds. The monoisotopic (exact) mass is 204 g/mol. The van der Waals surface area contributed by atoms with Crippen LogP contribution in [0.4, 0.5) is 0 Å². The molecule has 0 fully saturated rings. The topological polar surface area (TPSA) is 61.8 Å². The van der Waals surface area contributed by atoms with E-state index in [0.29, 0.717) is 0 Å². The van der Waals surface area contributed by atoms with Gasteiger partial charge in [-0.25, -0.2) is 4.79 Å². The average molecular weight is 204 g/mol. The van der Waals surface area contributed by atoms with Crippen molar-refractivity contribution in [1.82, 2.24) is 0 Å². The van der Waals surface area contributed by atoms with Gasteiger partial charge in [-0.15, -0.1) is 0 Å². The lowest BCUT2D eigenvalue weighted by Crippen LogP contribution is -2.28. The predicted octanol–water partition coefficient (Wildman–Crippen LogP) is 0.518. The summed E-state index contributed by atoms with van der Waals surface area (Å²) in [6, 6.07) is 0. The smallest absolute Gasteiger partial charge is 0.335 e. The lowest BCUT2D eigenvalue weighted by molar-refractivity contribution is -0.161. The minimum atomic E-state index is -0.867. The van der Waals surface area contributed by atoms with Crippen LogP contribution in [0.1, 0.15) is 20.3 Å². The van der Waals surface area contributed by atoms with Crippen molar-refractivity contribution >= 4 is 11.9 Å². The number of methoxy groups -OCH3 is 1. The molecule has 14 heavy (non-hydrogen) atoms. The van der Waals surface area contributed by atoms with Crippen LogP contribution < -0.4 is 0 Å². The highest BCUT2D eigenvalue weighted by Crippen LogP contribution is 2.02. The molecule has 1 atom stereocenters. The summed E-state index contributed by atoms with van der Waals surface area (Å²) in [6.45, 7) is 3.94. The maximum Gasteiger partial charge on any atom is 0.335 e. The minimum Gasteiger partial charge on any atom is -0.466 e. The Balaban J connectivity index is 4.01. The van der Waals surface area contributed by atoms with Gasteiger partial charge in [0.15, 0.2) is 6.10 Å². The molecule has 0 rings (SSSR count). The highest BCUT2D eigenvalue weighted by Gasteiger charge is 2.23. The van der Waals surface area contributed by atoms with Crippen molar-refractivity contribution in [3.05, 3.63) is 0 Å². The van der Waals surface area contributed by atoms with Gasteiger partial charge < -0.3 is 14.2 Å². The standard InChI is InChI=1S/C9H16O5/c1-4-13-8(10)6-7(12-3)9(11)14-5-2/h7H,4-6H2,1-3H3/t7-/m1/s1. The van der Waals surface area contributed by atoms with E-state index in [9.17, 15) is 9.59 Å². The summed E-state index contributed by atoms with van der Waals surface area (Å²) >= 11 is 0. The molecule has 0 radical (unpaired) electrons. The van der Waals surface area contributed by atoms with Crippen LogP contribution in [0, 0.1) is 0 Å². The third kappa shape index (κ3) is 4.81. The molecule has 0 bridgehead atoms. The van der Waals surface area contributed by atoms with Gasteiger partial charge in [0.25, 0.3) is 0 Å². The van der Waals surface area contributed by atoms with Gasteiger partial charge in [0, 0.05) is 7.11 Å². The highest BCUT2D eigenvalue weighted by molar-refractivity contribution is 5.81. The third-order valence-electron chi connectivity index (χ3n) is 1.49. The Hall–Kier alpha value is -1.10. The van der Waals surface area contributed by atoms with Crippen LogP contribution in [0.25, 0.3) is 0 Å². The first-order chi connectivity index (χ1) is 6.65. The molecule has 0 aromatic rings. The molecule has 5 heteroatoms. The van der Waals surface area contributed by atoms with Crippen LogP contribution in [-0.4, -0.2) is 38.4 Å². The van der Waals surface area contributed by atoms with Gasteiger partial charge >= 0.3 is 11.9 Å². The van der Waals surface area contributed by atoms with Crippen molar-refractivity contribution < 1.29 is 23.8 Å². The molecule has 0 aliphatic rings. The quantitative estimate of drug-likeness (QED) is 0.590. The fraction of sp³-hybridized carbons (Fsp3) is 0.778. The summed E-state index contributed by atoms with van der Waals surface area (Å²) in [5, 5.41) is 0. The van der Waals surface area contributed by atoms with E-state index in [4.69, 9.17) is 9.47 Å². The Morgan fingerprint density at radius 1 is 1.14 bits per heavy atom. The third-order valence-corrected chi connectivity index (χ3v) is 1.49. The van der Waals surface area contributed by atoms with E-state index in [1.807, 2.05) is 0 Å². The maximum absolute atomic E-state index is 11.2. The van der Waals surface area contributed by atoms with Gasteiger partial charge in [-0.1, -0.05) is 0 Å². The summed E-state index contributed by atoms with van der Waals surface area (Å²) in [4.78, 5) is 22.2. The Labute approximate surface area is 83.3 Å². The lowest BCUT2D eigenvalue weighted by Gasteiger charge is -2.12. The van der Waals surface area contributed by atoms with E-state index < -0.39 is 18.0 Å². The van der Waals surface area contributed by atoms with E-state index >= 15 is 0 Å². The second-order valence-electron chi connectivity index (χ2n) is 2.49. The van der Waals surface area contributed by atoms with E-state index in [1.54, 1.807) is 13.8 Å². The van der Waals surface area contributed by atoms with Gasteiger partial charge in [-0.2, -0.15) is 0 Å². The fourth-order valence-electron chi connectivity index (χ4n) is 0.869. The molecule has 0 unspecified atom stereocenters. The number of hydrogen-bond acceptors (Lipinski definition) is 5. The molecule has 0 N–H and O–H groups in total. The van der Waals surface area contributed by atoms with Crippen LogP contribution in [-0.2, 0) is 23.8 Å². The van der Waals surface area contributed by atoms with Crippen molar-refractivity contribution in [2.24, 2.45) is 0 Å². The van der Waals surface area contributed by atoms with Crippen molar-refractivity contribution in [2.75, 3.05) is 20.3 Å². The van der Waals surface area contributed by atoms with Crippen molar-refractivity contribution in [1.29, 1.82) is 0 Å². The van der Waals surface area contributed by atoms with Gasteiger partial charge in [-0.3, -0.25) is 4.79 Å². The van der Waals surface area contributed by atoms with Gasteiger partial charge in [-0.05, 0) is 13.8 Å². The van der Waals surface area contributed by atoms with Gasteiger partial charge in [0.2, 0.25) is 0 Å². The second kappa shape index (κ2) is 7.32. The SMILES string of the molecule is CCOC(=O)C[C@@H](OC)C(=O)OCC. The van der Waals surface area contributed by atoms with Crippen LogP contribution >= 0.6 is 0 Å². The molecular formula is C9H16O5. The summed E-state index contributed by atoms with van der Waals surface area (Å²) in [7, 11) is 1.35. The number of carbonyl (C=O) groups excluding carboxylic acids is 2. The summed E-state index contributed by atoms with van der Waals surface area (Å²) < 4.78 is 14.2. The lowest BCUT2D eigenvalue weighted by atomic mass is 10.2. The molecule has 0 aliphatic heterocycles. The summed E-state index contributed by atoms with van der Waals surface area (Å²) in [6.07, 6.45) is -0.975. The van der Waals surface area contributed by atoms with E-state index in [1.165, 1.54) is 7.11 Å². The van der Waals surface area contributed by atoms with Crippen molar-refractivity contribution in [3.63, 3.8) is 0 Å². The normalized spacial score (nSPS) is 11.9. The number of rotatable bonds is 6. The number of esters is 2. The average Bonchev–Trinajstić information content (AvgIpc) is 2.15. The number of carbonyl (C=O) groups is 2. The molecule has 0 saturated carbocycles. The largest absolute Gasteiger partial charge is 0.466 e. The first-order valence-electron chi connectivity index (χ1n) is 4.50. The number of hydrogen-bond donors (Lipinski definition) is 0. The van der Waals surface area contributed by atoms with Gasteiger partial charge in [0.1, 0.15) is 0 Å². The zero-order valence-electron chi connectivity index (χ0n) is 8.74. The minimum absolute atomic E-state index is 0.108. The summed E-state index contributed by atoms with van der Waals surface area (Å²) in [5.41, 5.74) is 0. The maximum atomic E-state index is 11.2. The van der Waals surface area contributed by atoms with Crippen molar-refractivity contribution in [3.8, 4) is 0 Å². The van der Waals surface area contributed by atoms with E-state index in [-0.39, 0.29) is 19.6 Å². The molecule has 0 aliphatic carbocycles. The molecule has 0 saturated heterocycles.